The lowest BCUT2D eigenvalue weighted by atomic mass is 9.96. The molecule has 86 valence electrons. The number of hydrogen-bond donors (Lipinski definition) is 1. The van der Waals surface area contributed by atoms with Crippen molar-refractivity contribution in [2.24, 2.45) is 0 Å². The Bertz CT molecular complexity index is 752. The number of rotatable bonds is 0. The molecule has 0 aliphatic carbocycles. The largest absolute Gasteiger partial charge is 0.381 e. The van der Waals surface area contributed by atoms with E-state index in [9.17, 15) is 0 Å². The lowest BCUT2D eigenvalue weighted by Gasteiger charge is -2.22. The Labute approximate surface area is 104 Å². The first-order valence-corrected chi connectivity index (χ1v) is 5.82. The Morgan fingerprint density at radius 2 is 1.94 bits per heavy atom. The smallest absolute Gasteiger partial charge is 0.162 e. The van der Waals surface area contributed by atoms with Gasteiger partial charge in [0.05, 0.1) is 5.69 Å². The van der Waals surface area contributed by atoms with Gasteiger partial charge in [-0.1, -0.05) is 24.3 Å². The Hall–Kier alpha value is -2.55. The maximum Gasteiger partial charge on any atom is 0.162 e. The van der Waals surface area contributed by atoms with E-state index in [-0.39, 0.29) is 0 Å². The van der Waals surface area contributed by atoms with E-state index in [0.717, 1.165) is 28.0 Å². The zero-order valence-corrected chi connectivity index (χ0v) is 9.55. The first-order chi connectivity index (χ1) is 8.93. The predicted octanol–water partition coefficient (Wildman–Crippen LogP) is 3.62. The molecule has 0 atom stereocenters. The zero-order valence-electron chi connectivity index (χ0n) is 9.55. The summed E-state index contributed by atoms with van der Waals surface area (Å²) in [6.45, 7) is 0. The maximum absolute atomic E-state index is 5.53. The molecule has 0 amide bonds. The van der Waals surface area contributed by atoms with Gasteiger partial charge in [-0.25, -0.2) is 5.48 Å². The van der Waals surface area contributed by atoms with Crippen LogP contribution in [0, 0.1) is 0 Å². The maximum atomic E-state index is 5.53. The summed E-state index contributed by atoms with van der Waals surface area (Å²) >= 11 is 0. The fourth-order valence-electron chi connectivity index (χ4n) is 2.41. The molecule has 1 aromatic heterocycles. The summed E-state index contributed by atoms with van der Waals surface area (Å²) in [6.07, 6.45) is 3.71. The highest BCUT2D eigenvalue weighted by Gasteiger charge is 2.18. The molecular weight excluding hydrogens is 224 g/mol. The number of para-hydroxylation sites is 1. The third kappa shape index (κ3) is 1.21. The van der Waals surface area contributed by atoms with Gasteiger partial charge in [0.2, 0.25) is 0 Å². The van der Waals surface area contributed by atoms with Gasteiger partial charge in [0.1, 0.15) is 0 Å². The molecule has 1 aliphatic rings. The van der Waals surface area contributed by atoms with E-state index in [1.54, 1.807) is 0 Å². The van der Waals surface area contributed by atoms with Crippen molar-refractivity contribution in [3.05, 3.63) is 54.9 Å². The van der Waals surface area contributed by atoms with Crippen LogP contribution in [0.4, 0.5) is 5.69 Å². The van der Waals surface area contributed by atoms with Crippen LogP contribution >= 0.6 is 0 Å². The monoisotopic (exact) mass is 234 g/mol. The van der Waals surface area contributed by atoms with Crippen molar-refractivity contribution in [3.63, 3.8) is 0 Å². The molecule has 4 rings (SSSR count). The minimum Gasteiger partial charge on any atom is -0.381 e. The van der Waals surface area contributed by atoms with E-state index < -0.39 is 0 Å². The van der Waals surface area contributed by atoms with Crippen LogP contribution in [0.3, 0.4) is 0 Å². The number of nitrogens with one attached hydrogen (secondary N) is 1. The van der Waals surface area contributed by atoms with E-state index in [0.29, 0.717) is 0 Å². The molecule has 0 fully saturated rings. The standard InChI is InChI=1S/C15H10N2O/c1-2-4-14-11(3-1)15-12-9-16-8-7-10(12)5-6-13(15)17-18-14/h1-9,17H. The minimum atomic E-state index is 0.848. The highest BCUT2D eigenvalue weighted by Crippen LogP contribution is 2.42. The van der Waals surface area contributed by atoms with E-state index in [4.69, 9.17) is 4.84 Å². The van der Waals surface area contributed by atoms with Crippen molar-refractivity contribution in [2.75, 3.05) is 5.48 Å². The minimum absolute atomic E-state index is 0.848. The van der Waals surface area contributed by atoms with Crippen LogP contribution in [0.15, 0.2) is 54.9 Å². The molecule has 0 radical (unpaired) electrons. The Morgan fingerprint density at radius 3 is 2.94 bits per heavy atom. The average Bonchev–Trinajstić information content (AvgIpc) is 2.46. The molecule has 1 N–H and O–H groups in total. The highest BCUT2D eigenvalue weighted by atomic mass is 16.6. The van der Waals surface area contributed by atoms with Crippen LogP contribution < -0.4 is 10.3 Å². The quantitative estimate of drug-likeness (QED) is 0.645. The highest BCUT2D eigenvalue weighted by molar-refractivity contribution is 6.04. The first-order valence-electron chi connectivity index (χ1n) is 5.82. The lowest BCUT2D eigenvalue weighted by Crippen LogP contribution is -2.11. The second-order valence-corrected chi connectivity index (χ2v) is 4.29. The number of nitrogens with zero attached hydrogens (tertiary/aromatic N) is 1. The molecular formula is C15H10N2O. The zero-order chi connectivity index (χ0) is 11.9. The molecule has 2 aromatic carbocycles. The summed E-state index contributed by atoms with van der Waals surface area (Å²) in [4.78, 5) is 9.75. The van der Waals surface area contributed by atoms with Crippen LogP contribution in [-0.2, 0) is 0 Å². The molecule has 0 saturated heterocycles. The van der Waals surface area contributed by atoms with Gasteiger partial charge in [-0.05, 0) is 23.6 Å². The molecule has 1 aliphatic heterocycles. The van der Waals surface area contributed by atoms with Crippen molar-refractivity contribution in [2.45, 2.75) is 0 Å². The number of aromatic nitrogens is 1. The van der Waals surface area contributed by atoms with E-state index in [1.807, 2.05) is 42.7 Å². The van der Waals surface area contributed by atoms with E-state index >= 15 is 0 Å². The summed E-state index contributed by atoms with van der Waals surface area (Å²) in [5.41, 5.74) is 6.22. The van der Waals surface area contributed by atoms with Gasteiger partial charge in [-0.2, -0.15) is 0 Å². The van der Waals surface area contributed by atoms with Crippen LogP contribution in [0.25, 0.3) is 21.9 Å². The van der Waals surface area contributed by atoms with E-state index in [2.05, 4.69) is 22.6 Å². The van der Waals surface area contributed by atoms with Gasteiger partial charge in [-0.15, -0.1) is 0 Å². The molecule has 18 heavy (non-hydrogen) atoms. The summed E-state index contributed by atoms with van der Waals surface area (Å²) in [7, 11) is 0. The fourth-order valence-corrected chi connectivity index (χ4v) is 2.41. The number of hydrogen-bond acceptors (Lipinski definition) is 3. The Balaban J connectivity index is 2.15. The number of benzene rings is 2. The van der Waals surface area contributed by atoms with Crippen LogP contribution in [-0.4, -0.2) is 4.98 Å². The Kier molecular flexibility index (Phi) is 1.83. The summed E-state index contributed by atoms with van der Waals surface area (Å²) in [6, 6.07) is 14.1. The molecule has 0 bridgehead atoms. The summed E-state index contributed by atoms with van der Waals surface area (Å²) in [5, 5.41) is 2.32. The number of fused-ring (bicyclic) bond motifs is 5. The summed E-state index contributed by atoms with van der Waals surface area (Å²) in [5.74, 6) is 0.848. The Morgan fingerprint density at radius 1 is 1.00 bits per heavy atom. The molecule has 3 heteroatoms. The van der Waals surface area contributed by atoms with Gasteiger partial charge in [0.25, 0.3) is 0 Å². The van der Waals surface area contributed by atoms with Crippen molar-refractivity contribution >= 4 is 16.5 Å². The van der Waals surface area contributed by atoms with Crippen LogP contribution in [0.1, 0.15) is 0 Å². The van der Waals surface area contributed by atoms with Crippen molar-refractivity contribution in [3.8, 4) is 16.9 Å². The predicted molar refractivity (Wildman–Crippen MR) is 71.4 cm³/mol. The van der Waals surface area contributed by atoms with Gasteiger partial charge < -0.3 is 4.84 Å². The van der Waals surface area contributed by atoms with Gasteiger partial charge in [0.15, 0.2) is 5.75 Å². The van der Waals surface area contributed by atoms with Crippen LogP contribution in [0.5, 0.6) is 5.75 Å². The fraction of sp³-hybridized carbons (Fsp3) is 0. The molecule has 3 aromatic rings. The number of pyridine rings is 1. The molecule has 0 saturated carbocycles. The molecule has 0 unspecified atom stereocenters. The third-order valence-electron chi connectivity index (χ3n) is 3.25. The van der Waals surface area contributed by atoms with E-state index in [1.165, 1.54) is 5.39 Å². The molecule has 3 nitrogen and oxygen atoms in total. The molecule has 2 heterocycles. The topological polar surface area (TPSA) is 34.1 Å². The van der Waals surface area contributed by atoms with Crippen LogP contribution in [0.2, 0.25) is 0 Å². The average molecular weight is 234 g/mol. The van der Waals surface area contributed by atoms with Gasteiger partial charge >= 0.3 is 0 Å². The first kappa shape index (κ1) is 9.48. The lowest BCUT2D eigenvalue weighted by molar-refractivity contribution is 0.402. The summed E-state index contributed by atoms with van der Waals surface area (Å²) < 4.78 is 0. The van der Waals surface area contributed by atoms with Gasteiger partial charge in [0, 0.05) is 28.9 Å². The third-order valence-corrected chi connectivity index (χ3v) is 3.25. The molecule has 0 spiro atoms. The van der Waals surface area contributed by atoms with Crippen molar-refractivity contribution < 1.29 is 4.84 Å². The van der Waals surface area contributed by atoms with Crippen molar-refractivity contribution in [1.29, 1.82) is 0 Å². The van der Waals surface area contributed by atoms with Gasteiger partial charge in [-0.3, -0.25) is 4.98 Å². The SMILES string of the molecule is c1ccc2c(c1)ONc1ccc3ccncc3c1-2. The second kappa shape index (κ2) is 3.47. The second-order valence-electron chi connectivity index (χ2n) is 4.29. The van der Waals surface area contributed by atoms with Crippen molar-refractivity contribution in [1.82, 2.24) is 4.98 Å². The number of anilines is 1. The normalized spacial score (nSPS) is 12.2.